The number of nitrogens with zero attached hydrogens (tertiary/aromatic N) is 4. The molecule has 0 bridgehead atoms. The number of carbonyl (C=O) groups is 1. The van der Waals surface area contributed by atoms with Crippen LogP contribution in [0.1, 0.15) is 11.4 Å². The maximum Gasteiger partial charge on any atom is 0.242 e. The van der Waals surface area contributed by atoms with Gasteiger partial charge >= 0.3 is 0 Å². The highest BCUT2D eigenvalue weighted by atomic mass is 16.2. The Morgan fingerprint density at radius 1 is 1.29 bits per heavy atom. The van der Waals surface area contributed by atoms with Crippen LogP contribution in [0.25, 0.3) is 0 Å². The van der Waals surface area contributed by atoms with Crippen LogP contribution in [-0.2, 0) is 11.3 Å². The Kier molecular flexibility index (Phi) is 3.47. The van der Waals surface area contributed by atoms with Crippen LogP contribution in [0.3, 0.4) is 0 Å². The Bertz CT molecular complexity index is 405. The molecule has 2 heterocycles. The van der Waals surface area contributed by atoms with E-state index in [9.17, 15) is 4.79 Å². The zero-order valence-electron chi connectivity index (χ0n) is 10.8. The fourth-order valence-corrected chi connectivity index (χ4v) is 2.01. The summed E-state index contributed by atoms with van der Waals surface area (Å²) in [6.45, 7) is 7.98. The molecule has 0 atom stereocenters. The molecule has 94 valence electrons. The molecule has 17 heavy (non-hydrogen) atoms. The molecule has 1 fully saturated rings. The molecule has 0 radical (unpaired) electrons. The first-order chi connectivity index (χ1) is 8.08. The average Bonchev–Trinajstić information content (AvgIpc) is 2.62. The number of hydrogen-bond donors (Lipinski definition) is 0. The topological polar surface area (TPSA) is 41.4 Å². The average molecular weight is 236 g/mol. The fraction of sp³-hybridized carbons (Fsp3) is 0.667. The minimum absolute atomic E-state index is 0.193. The quantitative estimate of drug-likeness (QED) is 0.740. The van der Waals surface area contributed by atoms with Crippen molar-refractivity contribution in [3.8, 4) is 0 Å². The molecule has 1 aromatic heterocycles. The summed E-state index contributed by atoms with van der Waals surface area (Å²) in [6, 6.07) is 0. The van der Waals surface area contributed by atoms with Gasteiger partial charge in [-0.2, -0.15) is 0 Å². The molecule has 1 aromatic rings. The third-order valence-corrected chi connectivity index (χ3v) is 3.51. The van der Waals surface area contributed by atoms with Crippen LogP contribution >= 0.6 is 0 Å². The molecule has 1 aliphatic heterocycles. The van der Waals surface area contributed by atoms with Gasteiger partial charge in [-0.15, -0.1) is 0 Å². The van der Waals surface area contributed by atoms with Gasteiger partial charge in [-0.3, -0.25) is 4.79 Å². The zero-order chi connectivity index (χ0) is 12.4. The van der Waals surface area contributed by atoms with E-state index in [2.05, 4.69) is 16.9 Å². The number of imidazole rings is 1. The lowest BCUT2D eigenvalue weighted by Crippen LogP contribution is -2.48. The lowest BCUT2D eigenvalue weighted by Gasteiger charge is -2.32. The monoisotopic (exact) mass is 236 g/mol. The van der Waals surface area contributed by atoms with Crippen molar-refractivity contribution in [1.82, 2.24) is 19.4 Å². The van der Waals surface area contributed by atoms with E-state index in [0.29, 0.717) is 6.54 Å². The van der Waals surface area contributed by atoms with Crippen LogP contribution in [0.5, 0.6) is 0 Å². The lowest BCUT2D eigenvalue weighted by molar-refractivity contribution is -0.133. The second-order valence-electron chi connectivity index (χ2n) is 4.73. The fourth-order valence-electron chi connectivity index (χ4n) is 2.01. The molecule has 0 spiro atoms. The minimum Gasteiger partial charge on any atom is -0.339 e. The van der Waals surface area contributed by atoms with Crippen molar-refractivity contribution in [2.75, 3.05) is 33.2 Å². The molecule has 2 rings (SSSR count). The number of hydrogen-bond acceptors (Lipinski definition) is 3. The SMILES string of the molecule is Cc1ncn(CC(=O)N2CCN(C)CC2)c1C. The Morgan fingerprint density at radius 3 is 2.47 bits per heavy atom. The number of likely N-dealkylation sites (N-methyl/N-ethyl adjacent to an activating group) is 1. The first kappa shape index (κ1) is 12.1. The third-order valence-electron chi connectivity index (χ3n) is 3.51. The highest BCUT2D eigenvalue weighted by molar-refractivity contribution is 5.76. The maximum absolute atomic E-state index is 12.1. The summed E-state index contributed by atoms with van der Waals surface area (Å²) in [6.07, 6.45) is 1.75. The minimum atomic E-state index is 0.193. The summed E-state index contributed by atoms with van der Waals surface area (Å²) in [5, 5.41) is 0. The predicted octanol–water partition coefficient (Wildman–Crippen LogP) is 0.274. The second-order valence-corrected chi connectivity index (χ2v) is 4.73. The summed E-state index contributed by atoms with van der Waals surface area (Å²) in [7, 11) is 2.09. The molecule has 0 aliphatic carbocycles. The Balaban J connectivity index is 1.95. The Morgan fingerprint density at radius 2 is 1.94 bits per heavy atom. The van der Waals surface area contributed by atoms with Gasteiger partial charge in [0.15, 0.2) is 0 Å². The van der Waals surface area contributed by atoms with E-state index in [1.807, 2.05) is 23.3 Å². The van der Waals surface area contributed by atoms with Crippen LogP contribution in [0.2, 0.25) is 0 Å². The van der Waals surface area contributed by atoms with Crippen LogP contribution in [0.15, 0.2) is 6.33 Å². The molecule has 1 amide bonds. The third kappa shape index (κ3) is 2.66. The lowest BCUT2D eigenvalue weighted by atomic mass is 10.3. The molecule has 1 aliphatic rings. The van der Waals surface area contributed by atoms with Gasteiger partial charge in [-0.05, 0) is 20.9 Å². The molecule has 0 N–H and O–H groups in total. The molecule has 5 nitrogen and oxygen atoms in total. The number of carbonyl (C=O) groups excluding carboxylic acids is 1. The van der Waals surface area contributed by atoms with Gasteiger partial charge in [0, 0.05) is 31.9 Å². The van der Waals surface area contributed by atoms with Gasteiger partial charge < -0.3 is 14.4 Å². The van der Waals surface area contributed by atoms with E-state index in [1.165, 1.54) is 0 Å². The van der Waals surface area contributed by atoms with Crippen molar-refractivity contribution < 1.29 is 4.79 Å². The Labute approximate surface area is 102 Å². The molecule has 0 saturated carbocycles. The number of amides is 1. The van der Waals surface area contributed by atoms with E-state index in [4.69, 9.17) is 0 Å². The molecule has 0 unspecified atom stereocenters. The van der Waals surface area contributed by atoms with Gasteiger partial charge in [0.25, 0.3) is 0 Å². The van der Waals surface area contributed by atoms with Gasteiger partial charge in [0.2, 0.25) is 5.91 Å². The van der Waals surface area contributed by atoms with Crippen LogP contribution < -0.4 is 0 Å². The highest BCUT2D eigenvalue weighted by Crippen LogP contribution is 2.06. The number of aryl methyl sites for hydroxylation is 1. The number of rotatable bonds is 2. The van der Waals surface area contributed by atoms with Crippen LogP contribution in [-0.4, -0.2) is 58.5 Å². The van der Waals surface area contributed by atoms with Crippen molar-refractivity contribution >= 4 is 5.91 Å². The number of piperazine rings is 1. The van der Waals surface area contributed by atoms with Gasteiger partial charge in [0.1, 0.15) is 6.54 Å². The van der Waals surface area contributed by atoms with Gasteiger partial charge in [0.05, 0.1) is 12.0 Å². The second kappa shape index (κ2) is 4.87. The van der Waals surface area contributed by atoms with E-state index >= 15 is 0 Å². The number of aromatic nitrogens is 2. The molecular weight excluding hydrogens is 216 g/mol. The largest absolute Gasteiger partial charge is 0.339 e. The van der Waals surface area contributed by atoms with Crippen LogP contribution in [0.4, 0.5) is 0 Å². The van der Waals surface area contributed by atoms with Gasteiger partial charge in [-0.1, -0.05) is 0 Å². The van der Waals surface area contributed by atoms with Crippen molar-refractivity contribution in [2.24, 2.45) is 0 Å². The standard InChI is InChI=1S/C12H20N4O/c1-10-11(2)16(9-13-10)8-12(17)15-6-4-14(3)5-7-15/h9H,4-8H2,1-3H3. The van der Waals surface area contributed by atoms with E-state index in [-0.39, 0.29) is 5.91 Å². The first-order valence-corrected chi connectivity index (χ1v) is 6.02. The summed E-state index contributed by atoms with van der Waals surface area (Å²) in [5.41, 5.74) is 2.07. The van der Waals surface area contributed by atoms with Crippen molar-refractivity contribution in [3.05, 3.63) is 17.7 Å². The normalized spacial score (nSPS) is 17.5. The van der Waals surface area contributed by atoms with E-state index in [0.717, 1.165) is 37.6 Å². The molecule has 0 aromatic carbocycles. The van der Waals surface area contributed by atoms with Crippen molar-refractivity contribution in [3.63, 3.8) is 0 Å². The van der Waals surface area contributed by atoms with Crippen molar-refractivity contribution in [1.29, 1.82) is 0 Å². The highest BCUT2D eigenvalue weighted by Gasteiger charge is 2.19. The summed E-state index contributed by atoms with van der Waals surface area (Å²) >= 11 is 0. The predicted molar refractivity (Wildman–Crippen MR) is 65.8 cm³/mol. The summed E-state index contributed by atoms with van der Waals surface area (Å²) < 4.78 is 1.93. The van der Waals surface area contributed by atoms with Gasteiger partial charge in [-0.25, -0.2) is 4.98 Å². The van der Waals surface area contributed by atoms with E-state index < -0.39 is 0 Å². The summed E-state index contributed by atoms with van der Waals surface area (Å²) in [5.74, 6) is 0.193. The first-order valence-electron chi connectivity index (χ1n) is 6.02. The smallest absolute Gasteiger partial charge is 0.242 e. The summed E-state index contributed by atoms with van der Waals surface area (Å²) in [4.78, 5) is 20.5. The zero-order valence-corrected chi connectivity index (χ0v) is 10.8. The molecular formula is C12H20N4O. The molecule has 1 saturated heterocycles. The van der Waals surface area contributed by atoms with E-state index in [1.54, 1.807) is 6.33 Å². The Hall–Kier alpha value is -1.36. The van der Waals surface area contributed by atoms with Crippen LogP contribution in [0, 0.1) is 13.8 Å². The molecule has 5 heteroatoms. The van der Waals surface area contributed by atoms with Crippen molar-refractivity contribution in [2.45, 2.75) is 20.4 Å². The maximum atomic E-state index is 12.1.